The molecular weight excluding hydrogens is 194 g/mol. The molecule has 1 aromatic rings. The molecule has 0 atom stereocenters. The molecule has 0 amide bonds. The van der Waals surface area contributed by atoms with Crippen LogP contribution in [0.3, 0.4) is 0 Å². The lowest BCUT2D eigenvalue weighted by Gasteiger charge is -2.12. The molecule has 2 heteroatoms. The zero-order valence-corrected chi connectivity index (χ0v) is 9.72. The molecule has 0 unspecified atom stereocenters. The summed E-state index contributed by atoms with van der Waals surface area (Å²) in [5.41, 5.74) is 1.37. The highest BCUT2D eigenvalue weighted by Crippen LogP contribution is 2.10. The fourth-order valence-electron chi connectivity index (χ4n) is 1.36. The van der Waals surface area contributed by atoms with Crippen LogP contribution in [0.5, 0.6) is 0 Å². The van der Waals surface area contributed by atoms with Gasteiger partial charge in [-0.25, -0.2) is 0 Å². The number of hydrogen-bond acceptors (Lipinski definition) is 1. The lowest BCUT2D eigenvalue weighted by Crippen LogP contribution is -2.19. The van der Waals surface area contributed by atoms with Gasteiger partial charge in [-0.3, -0.25) is 0 Å². The number of rotatable bonds is 5. The Kier molecular flexibility index (Phi) is 4.99. The minimum absolute atomic E-state index is 0.819. The van der Waals surface area contributed by atoms with Crippen molar-refractivity contribution in [3.8, 4) is 0 Å². The first kappa shape index (κ1) is 11.5. The second-order valence-corrected chi connectivity index (χ2v) is 4.06. The summed E-state index contributed by atoms with van der Waals surface area (Å²) in [7, 11) is 2.15. The van der Waals surface area contributed by atoms with Gasteiger partial charge >= 0.3 is 0 Å². The summed E-state index contributed by atoms with van der Waals surface area (Å²) < 4.78 is 0. The van der Waals surface area contributed by atoms with Gasteiger partial charge in [0.1, 0.15) is 0 Å². The van der Waals surface area contributed by atoms with Crippen molar-refractivity contribution in [2.75, 3.05) is 20.1 Å². The van der Waals surface area contributed by atoms with Gasteiger partial charge in [-0.1, -0.05) is 30.7 Å². The number of nitrogens with zero attached hydrogens (tertiary/aromatic N) is 1. The average molecular weight is 212 g/mol. The molecule has 0 N–H and O–H groups in total. The van der Waals surface area contributed by atoms with Gasteiger partial charge in [-0.05, 0) is 50.7 Å². The fraction of sp³-hybridized carbons (Fsp3) is 0.500. The fourth-order valence-corrected chi connectivity index (χ4v) is 1.49. The molecule has 0 radical (unpaired) electrons. The zero-order valence-electron chi connectivity index (χ0n) is 8.96. The van der Waals surface area contributed by atoms with Crippen molar-refractivity contribution >= 4 is 11.6 Å². The van der Waals surface area contributed by atoms with Gasteiger partial charge in [0.2, 0.25) is 0 Å². The highest BCUT2D eigenvalue weighted by Gasteiger charge is 1.96. The van der Waals surface area contributed by atoms with Crippen LogP contribution in [0.4, 0.5) is 0 Å². The highest BCUT2D eigenvalue weighted by molar-refractivity contribution is 6.30. The van der Waals surface area contributed by atoms with Gasteiger partial charge in [-0.2, -0.15) is 0 Å². The molecule has 0 bridgehead atoms. The third kappa shape index (κ3) is 4.12. The van der Waals surface area contributed by atoms with Gasteiger partial charge in [0.25, 0.3) is 0 Å². The molecule has 78 valence electrons. The first-order valence-electron chi connectivity index (χ1n) is 5.15. The molecule has 0 saturated carbocycles. The Morgan fingerprint density at radius 3 is 2.43 bits per heavy atom. The summed E-state index contributed by atoms with van der Waals surface area (Å²) in [5.74, 6) is 0. The van der Waals surface area contributed by atoms with Crippen LogP contribution in [0.2, 0.25) is 5.02 Å². The van der Waals surface area contributed by atoms with Gasteiger partial charge < -0.3 is 4.90 Å². The monoisotopic (exact) mass is 211 g/mol. The highest BCUT2D eigenvalue weighted by atomic mass is 35.5. The van der Waals surface area contributed by atoms with E-state index < -0.39 is 0 Å². The van der Waals surface area contributed by atoms with Crippen LogP contribution in [-0.2, 0) is 6.42 Å². The minimum Gasteiger partial charge on any atom is -0.307 e. The molecule has 0 aliphatic carbocycles. The number of halogens is 1. The van der Waals surface area contributed by atoms with Crippen LogP contribution in [0.1, 0.15) is 18.9 Å². The van der Waals surface area contributed by atoms with Crippen molar-refractivity contribution in [1.29, 1.82) is 0 Å². The van der Waals surface area contributed by atoms with Crippen molar-refractivity contribution in [1.82, 2.24) is 4.90 Å². The molecule has 1 aromatic carbocycles. The molecule has 0 heterocycles. The van der Waals surface area contributed by atoms with Crippen LogP contribution in [0, 0.1) is 0 Å². The molecule has 0 saturated heterocycles. The van der Waals surface area contributed by atoms with E-state index >= 15 is 0 Å². The molecule has 1 nitrogen and oxygen atoms in total. The normalized spacial score (nSPS) is 10.9. The van der Waals surface area contributed by atoms with E-state index in [4.69, 9.17) is 11.6 Å². The number of hydrogen-bond donors (Lipinski definition) is 0. The molecule has 0 aliphatic rings. The van der Waals surface area contributed by atoms with Gasteiger partial charge in [0, 0.05) is 5.02 Å². The van der Waals surface area contributed by atoms with Crippen LogP contribution in [0.15, 0.2) is 24.3 Å². The largest absolute Gasteiger partial charge is 0.307 e. The Morgan fingerprint density at radius 2 is 1.86 bits per heavy atom. The number of benzene rings is 1. The Hall–Kier alpha value is -0.530. The van der Waals surface area contributed by atoms with E-state index in [2.05, 4.69) is 31.0 Å². The van der Waals surface area contributed by atoms with E-state index in [1.807, 2.05) is 12.1 Å². The Morgan fingerprint density at radius 1 is 1.21 bits per heavy atom. The minimum atomic E-state index is 0.819. The second kappa shape index (κ2) is 6.05. The Labute approximate surface area is 91.7 Å². The summed E-state index contributed by atoms with van der Waals surface area (Å²) >= 11 is 5.81. The Bertz CT molecular complexity index is 256. The van der Waals surface area contributed by atoms with Crippen molar-refractivity contribution < 1.29 is 0 Å². The van der Waals surface area contributed by atoms with Crippen LogP contribution in [0.25, 0.3) is 0 Å². The van der Waals surface area contributed by atoms with Gasteiger partial charge in [-0.15, -0.1) is 0 Å². The van der Waals surface area contributed by atoms with Crippen LogP contribution < -0.4 is 0 Å². The standard InChI is InChI=1S/C12H18ClN/c1-3-14(2)10-4-5-11-6-8-12(13)9-7-11/h6-9H,3-5,10H2,1-2H3. The average Bonchev–Trinajstić information content (AvgIpc) is 2.21. The quantitative estimate of drug-likeness (QED) is 0.723. The third-order valence-electron chi connectivity index (χ3n) is 2.46. The predicted molar refractivity (Wildman–Crippen MR) is 62.9 cm³/mol. The lowest BCUT2D eigenvalue weighted by atomic mass is 10.1. The van der Waals surface area contributed by atoms with Gasteiger partial charge in [0.15, 0.2) is 0 Å². The van der Waals surface area contributed by atoms with E-state index in [-0.39, 0.29) is 0 Å². The van der Waals surface area contributed by atoms with Crippen molar-refractivity contribution in [3.63, 3.8) is 0 Å². The van der Waals surface area contributed by atoms with E-state index in [0.717, 1.165) is 18.0 Å². The van der Waals surface area contributed by atoms with Crippen LogP contribution in [-0.4, -0.2) is 25.0 Å². The van der Waals surface area contributed by atoms with E-state index in [0.29, 0.717) is 0 Å². The smallest absolute Gasteiger partial charge is 0.0406 e. The maximum absolute atomic E-state index is 5.81. The SMILES string of the molecule is CCN(C)CCCc1ccc(Cl)cc1. The van der Waals surface area contributed by atoms with Gasteiger partial charge in [0.05, 0.1) is 0 Å². The van der Waals surface area contributed by atoms with Crippen molar-refractivity contribution in [3.05, 3.63) is 34.9 Å². The van der Waals surface area contributed by atoms with E-state index in [1.54, 1.807) is 0 Å². The molecule has 14 heavy (non-hydrogen) atoms. The second-order valence-electron chi connectivity index (χ2n) is 3.63. The Balaban J connectivity index is 2.28. The molecule has 1 rings (SSSR count). The molecule has 0 fully saturated rings. The summed E-state index contributed by atoms with van der Waals surface area (Å²) in [6.45, 7) is 4.47. The summed E-state index contributed by atoms with van der Waals surface area (Å²) in [6.07, 6.45) is 2.35. The maximum atomic E-state index is 5.81. The lowest BCUT2D eigenvalue weighted by molar-refractivity contribution is 0.347. The topological polar surface area (TPSA) is 3.24 Å². The molecule has 0 aromatic heterocycles. The third-order valence-corrected chi connectivity index (χ3v) is 2.71. The molecule has 0 aliphatic heterocycles. The van der Waals surface area contributed by atoms with E-state index in [9.17, 15) is 0 Å². The summed E-state index contributed by atoms with van der Waals surface area (Å²) in [4.78, 5) is 2.33. The summed E-state index contributed by atoms with van der Waals surface area (Å²) in [5, 5.41) is 0.819. The molecule has 0 spiro atoms. The first-order chi connectivity index (χ1) is 6.72. The number of aryl methyl sites for hydroxylation is 1. The van der Waals surface area contributed by atoms with E-state index in [1.165, 1.54) is 18.5 Å². The van der Waals surface area contributed by atoms with Crippen LogP contribution >= 0.6 is 11.6 Å². The van der Waals surface area contributed by atoms with Crippen molar-refractivity contribution in [2.45, 2.75) is 19.8 Å². The van der Waals surface area contributed by atoms with Crippen molar-refractivity contribution in [2.24, 2.45) is 0 Å². The first-order valence-corrected chi connectivity index (χ1v) is 5.53. The predicted octanol–water partition coefficient (Wildman–Crippen LogP) is 3.22. The summed E-state index contributed by atoms with van der Waals surface area (Å²) in [6, 6.07) is 8.13. The maximum Gasteiger partial charge on any atom is 0.0406 e. The zero-order chi connectivity index (χ0) is 10.4. The molecular formula is C12H18ClN.